The SMILES string of the molecule is O=C(O)c1cc(-c2cc(F)c(F)c(F)c2O)on1. The van der Waals surface area contributed by atoms with Gasteiger partial charge in [-0.25, -0.2) is 13.6 Å². The Kier molecular flexibility index (Phi) is 2.70. The monoisotopic (exact) mass is 259 g/mol. The number of aromatic carboxylic acids is 1. The first-order valence-electron chi connectivity index (χ1n) is 4.48. The number of nitrogens with zero attached hydrogens (tertiary/aromatic N) is 1. The molecule has 94 valence electrons. The average Bonchev–Trinajstić information content (AvgIpc) is 2.80. The van der Waals surface area contributed by atoms with Gasteiger partial charge in [-0.1, -0.05) is 5.16 Å². The van der Waals surface area contributed by atoms with E-state index in [9.17, 15) is 23.1 Å². The number of carboxylic acids is 1. The van der Waals surface area contributed by atoms with Gasteiger partial charge in [0.05, 0.1) is 5.56 Å². The van der Waals surface area contributed by atoms with Crippen LogP contribution < -0.4 is 0 Å². The Morgan fingerprint density at radius 2 is 1.89 bits per heavy atom. The summed E-state index contributed by atoms with van der Waals surface area (Å²) in [6.07, 6.45) is 0. The topological polar surface area (TPSA) is 83.6 Å². The number of aromatic nitrogens is 1. The van der Waals surface area contributed by atoms with Gasteiger partial charge in [-0.2, -0.15) is 4.39 Å². The van der Waals surface area contributed by atoms with Gasteiger partial charge in [0.1, 0.15) is 0 Å². The number of benzene rings is 1. The molecule has 2 N–H and O–H groups in total. The Hall–Kier alpha value is -2.51. The van der Waals surface area contributed by atoms with Crippen LogP contribution in [0.15, 0.2) is 16.7 Å². The van der Waals surface area contributed by atoms with E-state index in [1.54, 1.807) is 0 Å². The van der Waals surface area contributed by atoms with E-state index in [0.717, 1.165) is 6.07 Å². The highest BCUT2D eigenvalue weighted by Crippen LogP contribution is 2.34. The molecule has 0 aliphatic heterocycles. The second kappa shape index (κ2) is 4.06. The van der Waals surface area contributed by atoms with Crippen molar-refractivity contribution in [3.63, 3.8) is 0 Å². The van der Waals surface area contributed by atoms with Gasteiger partial charge in [-0.05, 0) is 6.07 Å². The largest absolute Gasteiger partial charge is 0.504 e. The molecule has 0 spiro atoms. The summed E-state index contributed by atoms with van der Waals surface area (Å²) in [6.45, 7) is 0. The van der Waals surface area contributed by atoms with Gasteiger partial charge in [-0.3, -0.25) is 0 Å². The predicted molar refractivity (Wildman–Crippen MR) is 50.4 cm³/mol. The van der Waals surface area contributed by atoms with Crippen LogP contribution in [0.3, 0.4) is 0 Å². The van der Waals surface area contributed by atoms with Gasteiger partial charge in [0.25, 0.3) is 0 Å². The maximum atomic E-state index is 13.1. The maximum absolute atomic E-state index is 13.1. The highest BCUT2D eigenvalue weighted by atomic mass is 19.2. The molecule has 0 aliphatic rings. The Balaban J connectivity index is 2.60. The normalized spacial score (nSPS) is 10.6. The third kappa shape index (κ3) is 1.77. The van der Waals surface area contributed by atoms with Crippen LogP contribution >= 0.6 is 0 Å². The fraction of sp³-hybridized carbons (Fsp3) is 0. The summed E-state index contributed by atoms with van der Waals surface area (Å²) in [6, 6.07) is 1.31. The molecule has 5 nitrogen and oxygen atoms in total. The van der Waals surface area contributed by atoms with Gasteiger partial charge in [0.2, 0.25) is 5.82 Å². The molecular formula is C10H4F3NO4. The molecule has 1 heterocycles. The molecule has 0 saturated carbocycles. The van der Waals surface area contributed by atoms with Crippen molar-refractivity contribution in [2.45, 2.75) is 0 Å². The summed E-state index contributed by atoms with van der Waals surface area (Å²) in [7, 11) is 0. The molecule has 8 heteroatoms. The summed E-state index contributed by atoms with van der Waals surface area (Å²) in [5.74, 6) is -8.20. The lowest BCUT2D eigenvalue weighted by atomic mass is 10.1. The predicted octanol–water partition coefficient (Wildman–Crippen LogP) is 2.16. The van der Waals surface area contributed by atoms with E-state index in [1.165, 1.54) is 0 Å². The van der Waals surface area contributed by atoms with Gasteiger partial charge >= 0.3 is 5.97 Å². The number of carbonyl (C=O) groups is 1. The zero-order chi connectivity index (χ0) is 13.4. The number of aromatic hydroxyl groups is 1. The number of phenols is 1. The van der Waals surface area contributed by atoms with Crippen molar-refractivity contribution < 1.29 is 32.7 Å². The minimum atomic E-state index is -1.84. The Labute approximate surface area is 97.1 Å². The molecule has 0 atom stereocenters. The van der Waals surface area contributed by atoms with Crippen molar-refractivity contribution in [2.75, 3.05) is 0 Å². The highest BCUT2D eigenvalue weighted by Gasteiger charge is 2.22. The average molecular weight is 259 g/mol. The second-order valence-corrected chi connectivity index (χ2v) is 3.26. The lowest BCUT2D eigenvalue weighted by molar-refractivity contribution is 0.0686. The first kappa shape index (κ1) is 12.0. The highest BCUT2D eigenvalue weighted by molar-refractivity contribution is 5.86. The lowest BCUT2D eigenvalue weighted by Crippen LogP contribution is -1.95. The van der Waals surface area contributed by atoms with Crippen LogP contribution in [0.5, 0.6) is 5.75 Å². The second-order valence-electron chi connectivity index (χ2n) is 3.26. The van der Waals surface area contributed by atoms with Crippen molar-refractivity contribution in [3.05, 3.63) is 35.3 Å². The first-order chi connectivity index (χ1) is 8.41. The minimum Gasteiger partial charge on any atom is -0.504 e. The Bertz CT molecular complexity index is 638. The van der Waals surface area contributed by atoms with Crippen LogP contribution in [-0.2, 0) is 0 Å². The standard InChI is InChI=1S/C10H4F3NO4/c11-4-1-3(9(15)8(13)7(4)12)6-2-5(10(16)17)14-18-6/h1-2,15H,(H,16,17). The van der Waals surface area contributed by atoms with Crippen molar-refractivity contribution in [3.8, 4) is 17.1 Å². The van der Waals surface area contributed by atoms with Crippen molar-refractivity contribution >= 4 is 5.97 Å². The number of rotatable bonds is 2. The quantitative estimate of drug-likeness (QED) is 0.807. The van der Waals surface area contributed by atoms with Gasteiger partial charge in [-0.15, -0.1) is 0 Å². The number of carboxylic acid groups (broad SMARTS) is 1. The minimum absolute atomic E-state index is 0.400. The van der Waals surface area contributed by atoms with Crippen molar-refractivity contribution in [2.24, 2.45) is 0 Å². The fourth-order valence-electron chi connectivity index (χ4n) is 1.28. The molecule has 0 radical (unpaired) electrons. The van der Waals surface area contributed by atoms with E-state index < -0.39 is 46.2 Å². The molecule has 2 aromatic rings. The lowest BCUT2D eigenvalue weighted by Gasteiger charge is -2.03. The summed E-state index contributed by atoms with van der Waals surface area (Å²) >= 11 is 0. The molecule has 0 aliphatic carbocycles. The first-order valence-corrected chi connectivity index (χ1v) is 4.48. The zero-order valence-electron chi connectivity index (χ0n) is 8.45. The number of hydrogen-bond donors (Lipinski definition) is 2. The van der Waals surface area contributed by atoms with E-state index in [1.807, 2.05) is 0 Å². The van der Waals surface area contributed by atoms with Crippen LogP contribution in [0.2, 0.25) is 0 Å². The molecule has 0 fully saturated rings. The third-order valence-electron chi connectivity index (χ3n) is 2.13. The van der Waals surface area contributed by atoms with Gasteiger partial charge in [0.15, 0.2) is 28.8 Å². The molecule has 2 rings (SSSR count). The van der Waals surface area contributed by atoms with E-state index in [4.69, 9.17) is 5.11 Å². The van der Waals surface area contributed by atoms with Crippen LogP contribution in [0.1, 0.15) is 10.5 Å². The van der Waals surface area contributed by atoms with E-state index >= 15 is 0 Å². The van der Waals surface area contributed by atoms with Crippen LogP contribution in [0, 0.1) is 17.5 Å². The zero-order valence-corrected chi connectivity index (χ0v) is 8.45. The fourth-order valence-corrected chi connectivity index (χ4v) is 1.28. The van der Waals surface area contributed by atoms with Crippen molar-refractivity contribution in [1.82, 2.24) is 5.16 Å². The van der Waals surface area contributed by atoms with Crippen LogP contribution in [0.4, 0.5) is 13.2 Å². The third-order valence-corrected chi connectivity index (χ3v) is 2.13. The van der Waals surface area contributed by atoms with E-state index in [2.05, 4.69) is 9.68 Å². The van der Waals surface area contributed by atoms with E-state index in [0.29, 0.717) is 6.07 Å². The van der Waals surface area contributed by atoms with Crippen LogP contribution in [-0.4, -0.2) is 21.3 Å². The van der Waals surface area contributed by atoms with Crippen LogP contribution in [0.25, 0.3) is 11.3 Å². The molecule has 1 aromatic heterocycles. The summed E-state index contributed by atoms with van der Waals surface area (Å²) in [5.41, 5.74) is -1.05. The molecule has 18 heavy (non-hydrogen) atoms. The molecule has 1 aromatic carbocycles. The summed E-state index contributed by atoms with van der Waals surface area (Å²) < 4.78 is 43.3. The summed E-state index contributed by atoms with van der Waals surface area (Å²) in [5, 5.41) is 21.0. The number of hydrogen-bond acceptors (Lipinski definition) is 4. The number of halogens is 3. The smallest absolute Gasteiger partial charge is 0.358 e. The molecule has 0 amide bonds. The maximum Gasteiger partial charge on any atom is 0.358 e. The Morgan fingerprint density at radius 3 is 2.44 bits per heavy atom. The van der Waals surface area contributed by atoms with Gasteiger partial charge < -0.3 is 14.7 Å². The molecular weight excluding hydrogens is 255 g/mol. The van der Waals surface area contributed by atoms with Gasteiger partial charge in [0, 0.05) is 6.07 Å². The number of phenolic OH excluding ortho intramolecular Hbond substituents is 1. The molecule has 0 saturated heterocycles. The molecule has 0 bridgehead atoms. The van der Waals surface area contributed by atoms with E-state index in [-0.39, 0.29) is 0 Å². The summed E-state index contributed by atoms with van der Waals surface area (Å²) in [4.78, 5) is 10.5. The Morgan fingerprint density at radius 1 is 1.22 bits per heavy atom. The molecule has 0 unspecified atom stereocenters. The van der Waals surface area contributed by atoms with Crippen molar-refractivity contribution in [1.29, 1.82) is 0 Å².